The first-order chi connectivity index (χ1) is 6.68. The van der Waals surface area contributed by atoms with E-state index in [1.807, 2.05) is 0 Å². The van der Waals surface area contributed by atoms with Crippen molar-refractivity contribution in [3.63, 3.8) is 0 Å². The summed E-state index contributed by atoms with van der Waals surface area (Å²) in [6.07, 6.45) is 1.60. The van der Waals surface area contributed by atoms with E-state index >= 15 is 0 Å². The van der Waals surface area contributed by atoms with Crippen LogP contribution < -0.4 is 5.32 Å². The minimum atomic E-state index is 0.177. The van der Waals surface area contributed by atoms with E-state index in [0.717, 1.165) is 6.42 Å². The second-order valence-electron chi connectivity index (χ2n) is 3.95. The van der Waals surface area contributed by atoms with Gasteiger partial charge in [-0.2, -0.15) is 0 Å². The van der Waals surface area contributed by atoms with Crippen molar-refractivity contribution < 1.29 is 4.79 Å². The Labute approximate surface area is 84.3 Å². The van der Waals surface area contributed by atoms with Gasteiger partial charge in [-0.15, -0.1) is 0 Å². The molecule has 0 bridgehead atoms. The van der Waals surface area contributed by atoms with Gasteiger partial charge in [0.05, 0.1) is 6.04 Å². The standard InChI is InChI=1S/C12H15NO/c1-8-4-3-5-10(9(8)2)11-6-7-12(14)13-11/h3-5,11H,6-7H2,1-2H3,(H,13,14). The van der Waals surface area contributed by atoms with Crippen molar-refractivity contribution >= 4 is 5.91 Å². The Bertz CT molecular complexity index is 371. The summed E-state index contributed by atoms with van der Waals surface area (Å²) in [5.41, 5.74) is 3.87. The summed E-state index contributed by atoms with van der Waals surface area (Å²) in [6, 6.07) is 6.51. The third-order valence-electron chi connectivity index (χ3n) is 3.02. The molecule has 1 atom stereocenters. The average molecular weight is 189 g/mol. The van der Waals surface area contributed by atoms with E-state index < -0.39 is 0 Å². The number of rotatable bonds is 1. The van der Waals surface area contributed by atoms with Gasteiger partial charge in [0.1, 0.15) is 0 Å². The molecule has 14 heavy (non-hydrogen) atoms. The minimum absolute atomic E-state index is 0.177. The first kappa shape index (κ1) is 9.25. The maximum atomic E-state index is 11.1. The largest absolute Gasteiger partial charge is 0.349 e. The molecule has 1 heterocycles. The first-order valence-electron chi connectivity index (χ1n) is 5.04. The van der Waals surface area contributed by atoms with Crippen molar-refractivity contribution in [2.45, 2.75) is 32.7 Å². The van der Waals surface area contributed by atoms with Crippen LogP contribution in [-0.4, -0.2) is 5.91 Å². The van der Waals surface area contributed by atoms with Crippen LogP contribution in [0.4, 0.5) is 0 Å². The van der Waals surface area contributed by atoms with E-state index in [2.05, 4.69) is 37.4 Å². The van der Waals surface area contributed by atoms with Crippen molar-refractivity contribution in [3.8, 4) is 0 Å². The van der Waals surface area contributed by atoms with Gasteiger partial charge in [0.2, 0.25) is 5.91 Å². The Balaban J connectivity index is 2.32. The Morgan fingerprint density at radius 2 is 2.14 bits per heavy atom. The van der Waals surface area contributed by atoms with Gasteiger partial charge in [-0.3, -0.25) is 4.79 Å². The van der Waals surface area contributed by atoms with Gasteiger partial charge in [-0.1, -0.05) is 18.2 Å². The number of amides is 1. The Hall–Kier alpha value is -1.31. The lowest BCUT2D eigenvalue weighted by molar-refractivity contribution is -0.119. The van der Waals surface area contributed by atoms with Crippen LogP contribution in [0.5, 0.6) is 0 Å². The number of nitrogens with one attached hydrogen (secondary N) is 1. The molecule has 1 aromatic rings. The summed E-state index contributed by atoms with van der Waals surface area (Å²) in [4.78, 5) is 11.1. The molecule has 0 radical (unpaired) electrons. The maximum Gasteiger partial charge on any atom is 0.220 e. The third-order valence-corrected chi connectivity index (χ3v) is 3.02. The molecule has 0 aliphatic carbocycles. The van der Waals surface area contributed by atoms with Crippen LogP contribution in [0, 0.1) is 13.8 Å². The fourth-order valence-corrected chi connectivity index (χ4v) is 2.00. The predicted octanol–water partition coefficient (Wildman–Crippen LogP) is 2.25. The lowest BCUT2D eigenvalue weighted by atomic mass is 9.97. The molecule has 2 heteroatoms. The van der Waals surface area contributed by atoms with E-state index in [0.29, 0.717) is 6.42 Å². The van der Waals surface area contributed by atoms with E-state index in [9.17, 15) is 4.79 Å². The molecule has 0 aromatic heterocycles. The zero-order valence-electron chi connectivity index (χ0n) is 8.63. The fraction of sp³-hybridized carbons (Fsp3) is 0.417. The molecule has 2 nitrogen and oxygen atoms in total. The van der Waals surface area contributed by atoms with E-state index in [4.69, 9.17) is 0 Å². The smallest absolute Gasteiger partial charge is 0.220 e. The second kappa shape index (κ2) is 3.45. The molecule has 1 unspecified atom stereocenters. The molecule has 0 saturated carbocycles. The van der Waals surface area contributed by atoms with Crippen LogP contribution in [0.2, 0.25) is 0 Å². The summed E-state index contributed by atoms with van der Waals surface area (Å²) < 4.78 is 0. The summed E-state index contributed by atoms with van der Waals surface area (Å²) in [5.74, 6) is 0.177. The van der Waals surface area contributed by atoms with Crippen LogP contribution >= 0.6 is 0 Å². The van der Waals surface area contributed by atoms with Crippen LogP contribution in [0.3, 0.4) is 0 Å². The Morgan fingerprint density at radius 1 is 1.36 bits per heavy atom. The van der Waals surface area contributed by atoms with Crippen molar-refractivity contribution in [1.82, 2.24) is 5.32 Å². The molecule has 1 N–H and O–H groups in total. The quantitative estimate of drug-likeness (QED) is 0.721. The van der Waals surface area contributed by atoms with Gasteiger partial charge < -0.3 is 5.32 Å². The van der Waals surface area contributed by atoms with Crippen molar-refractivity contribution in [2.75, 3.05) is 0 Å². The van der Waals surface area contributed by atoms with Crippen LogP contribution in [-0.2, 0) is 4.79 Å². The van der Waals surface area contributed by atoms with Gasteiger partial charge in [0.15, 0.2) is 0 Å². The summed E-state index contributed by atoms with van der Waals surface area (Å²) in [6.45, 7) is 4.23. The molecule has 1 aromatic carbocycles. The normalized spacial score (nSPS) is 21.0. The average Bonchev–Trinajstić information content (AvgIpc) is 2.57. The number of benzene rings is 1. The molecule has 0 spiro atoms. The third kappa shape index (κ3) is 1.52. The van der Waals surface area contributed by atoms with Crippen molar-refractivity contribution in [2.24, 2.45) is 0 Å². The predicted molar refractivity (Wildman–Crippen MR) is 56.0 cm³/mol. The van der Waals surface area contributed by atoms with Gasteiger partial charge >= 0.3 is 0 Å². The highest BCUT2D eigenvalue weighted by atomic mass is 16.1. The van der Waals surface area contributed by atoms with Crippen LogP contribution in [0.15, 0.2) is 18.2 Å². The highest BCUT2D eigenvalue weighted by Crippen LogP contribution is 2.27. The topological polar surface area (TPSA) is 29.1 Å². The molecular formula is C12H15NO. The molecule has 1 saturated heterocycles. The van der Waals surface area contributed by atoms with Crippen LogP contribution in [0.1, 0.15) is 35.6 Å². The van der Waals surface area contributed by atoms with Gasteiger partial charge in [0.25, 0.3) is 0 Å². The van der Waals surface area contributed by atoms with E-state index in [-0.39, 0.29) is 11.9 Å². The highest BCUT2D eigenvalue weighted by Gasteiger charge is 2.23. The molecule has 74 valence electrons. The first-order valence-corrected chi connectivity index (χ1v) is 5.04. The lowest BCUT2D eigenvalue weighted by Crippen LogP contribution is -2.19. The molecule has 1 fully saturated rings. The molecule has 2 rings (SSSR count). The van der Waals surface area contributed by atoms with Gasteiger partial charge in [-0.25, -0.2) is 0 Å². The SMILES string of the molecule is Cc1cccc(C2CCC(=O)N2)c1C. The van der Waals surface area contributed by atoms with Gasteiger partial charge in [0, 0.05) is 6.42 Å². The summed E-state index contributed by atoms with van der Waals surface area (Å²) in [7, 11) is 0. The Kier molecular flexibility index (Phi) is 2.28. The summed E-state index contributed by atoms with van der Waals surface area (Å²) in [5, 5.41) is 3.00. The monoisotopic (exact) mass is 189 g/mol. The zero-order chi connectivity index (χ0) is 10.1. The second-order valence-corrected chi connectivity index (χ2v) is 3.95. The lowest BCUT2D eigenvalue weighted by Gasteiger charge is -2.14. The van der Waals surface area contributed by atoms with Crippen molar-refractivity contribution in [3.05, 3.63) is 34.9 Å². The summed E-state index contributed by atoms with van der Waals surface area (Å²) >= 11 is 0. The van der Waals surface area contributed by atoms with Crippen LogP contribution in [0.25, 0.3) is 0 Å². The highest BCUT2D eigenvalue weighted by molar-refractivity contribution is 5.78. The number of carbonyl (C=O) groups excluding carboxylic acids is 1. The molecule has 1 aliphatic rings. The number of hydrogen-bond acceptors (Lipinski definition) is 1. The van der Waals surface area contributed by atoms with E-state index in [1.54, 1.807) is 0 Å². The van der Waals surface area contributed by atoms with E-state index in [1.165, 1.54) is 16.7 Å². The number of hydrogen-bond donors (Lipinski definition) is 1. The molecule has 1 amide bonds. The Morgan fingerprint density at radius 3 is 2.79 bits per heavy atom. The number of aryl methyl sites for hydroxylation is 1. The van der Waals surface area contributed by atoms with Gasteiger partial charge in [-0.05, 0) is 37.0 Å². The molecular weight excluding hydrogens is 174 g/mol. The minimum Gasteiger partial charge on any atom is -0.349 e. The number of carbonyl (C=O) groups is 1. The zero-order valence-corrected chi connectivity index (χ0v) is 8.63. The fourth-order valence-electron chi connectivity index (χ4n) is 2.00. The van der Waals surface area contributed by atoms with Crippen molar-refractivity contribution in [1.29, 1.82) is 0 Å². The maximum absolute atomic E-state index is 11.1. The molecule has 1 aliphatic heterocycles.